The zero-order valence-electron chi connectivity index (χ0n) is 17.0. The van der Waals surface area contributed by atoms with Crippen molar-refractivity contribution in [2.24, 2.45) is 0 Å². The number of rotatable bonds is 4. The Bertz CT molecular complexity index is 1370. The van der Waals surface area contributed by atoms with Crippen LogP contribution < -0.4 is 5.32 Å². The first-order valence-electron chi connectivity index (χ1n) is 10.6. The van der Waals surface area contributed by atoms with Gasteiger partial charge in [-0.25, -0.2) is 4.98 Å². The fourth-order valence-electron chi connectivity index (χ4n) is 4.41. The molecule has 0 saturated heterocycles. The molecule has 150 valence electrons. The predicted molar refractivity (Wildman–Crippen MR) is 124 cm³/mol. The van der Waals surface area contributed by atoms with Crippen molar-refractivity contribution in [3.05, 3.63) is 90.8 Å². The number of pyridine rings is 2. The summed E-state index contributed by atoms with van der Waals surface area (Å²) in [6.45, 7) is 0.952. The maximum Gasteiger partial charge on any atom is 0.131 e. The van der Waals surface area contributed by atoms with E-state index in [1.165, 1.54) is 11.3 Å². The highest BCUT2D eigenvalue weighted by molar-refractivity contribution is 6.00. The topological polar surface area (TPSA) is 55.6 Å². The van der Waals surface area contributed by atoms with E-state index in [1.54, 1.807) is 0 Å². The van der Waals surface area contributed by atoms with Crippen LogP contribution in [0.5, 0.6) is 0 Å². The van der Waals surface area contributed by atoms with Gasteiger partial charge in [-0.1, -0.05) is 42.5 Å². The largest absolute Gasteiger partial charge is 0.340 e. The minimum Gasteiger partial charge on any atom is -0.340 e. The van der Waals surface area contributed by atoms with Crippen molar-refractivity contribution in [1.29, 1.82) is 0 Å². The molecular formula is C26H21N5. The van der Waals surface area contributed by atoms with Crippen molar-refractivity contribution in [2.45, 2.75) is 19.4 Å². The van der Waals surface area contributed by atoms with E-state index in [4.69, 9.17) is 10.1 Å². The number of anilines is 2. The highest BCUT2D eigenvalue weighted by atomic mass is 15.3. The van der Waals surface area contributed by atoms with Gasteiger partial charge in [0.2, 0.25) is 0 Å². The first-order valence-corrected chi connectivity index (χ1v) is 10.6. The second kappa shape index (κ2) is 7.36. The number of hydrogen-bond acceptors (Lipinski definition) is 4. The van der Waals surface area contributed by atoms with Crippen LogP contribution >= 0.6 is 0 Å². The lowest BCUT2D eigenvalue weighted by molar-refractivity contribution is 0.658. The number of aromatic nitrogens is 4. The summed E-state index contributed by atoms with van der Waals surface area (Å²) in [4.78, 5) is 9.49. The molecule has 0 atom stereocenters. The third-order valence-corrected chi connectivity index (χ3v) is 5.78. The van der Waals surface area contributed by atoms with E-state index in [-0.39, 0.29) is 0 Å². The molecule has 0 bridgehead atoms. The number of benzene rings is 2. The minimum atomic E-state index is 0.824. The molecule has 4 heterocycles. The first kappa shape index (κ1) is 17.8. The van der Waals surface area contributed by atoms with Crippen molar-refractivity contribution in [3.8, 4) is 22.5 Å². The molecule has 1 aliphatic rings. The van der Waals surface area contributed by atoms with Gasteiger partial charge in [0.1, 0.15) is 11.5 Å². The second-order valence-electron chi connectivity index (χ2n) is 7.78. The summed E-state index contributed by atoms with van der Waals surface area (Å²) in [6, 6.07) is 26.6. The fourth-order valence-corrected chi connectivity index (χ4v) is 4.41. The molecule has 0 unspecified atom stereocenters. The summed E-state index contributed by atoms with van der Waals surface area (Å²) in [5.74, 6) is 0.824. The number of nitrogens with zero attached hydrogens (tertiary/aromatic N) is 4. The summed E-state index contributed by atoms with van der Waals surface area (Å²) in [5, 5.41) is 9.57. The first-order chi connectivity index (χ1) is 15.4. The second-order valence-corrected chi connectivity index (χ2v) is 7.78. The summed E-state index contributed by atoms with van der Waals surface area (Å²) in [5.41, 5.74) is 7.42. The van der Waals surface area contributed by atoms with E-state index < -0.39 is 0 Å². The van der Waals surface area contributed by atoms with Gasteiger partial charge in [-0.05, 0) is 54.8 Å². The van der Waals surface area contributed by atoms with Gasteiger partial charge in [-0.15, -0.1) is 0 Å². The van der Waals surface area contributed by atoms with E-state index in [1.807, 2.05) is 60.8 Å². The van der Waals surface area contributed by atoms with Crippen molar-refractivity contribution in [3.63, 3.8) is 0 Å². The van der Waals surface area contributed by atoms with Gasteiger partial charge in [-0.2, -0.15) is 5.10 Å². The Kier molecular flexibility index (Phi) is 4.24. The quantitative estimate of drug-likeness (QED) is 0.409. The highest BCUT2D eigenvalue weighted by Gasteiger charge is 2.26. The molecule has 1 N–H and O–H groups in total. The number of para-hydroxylation sites is 2. The predicted octanol–water partition coefficient (Wildman–Crippen LogP) is 5.85. The van der Waals surface area contributed by atoms with Crippen LogP contribution in [0.25, 0.3) is 33.4 Å². The Morgan fingerprint density at radius 3 is 2.58 bits per heavy atom. The van der Waals surface area contributed by atoms with E-state index >= 15 is 0 Å². The van der Waals surface area contributed by atoms with Gasteiger partial charge < -0.3 is 5.32 Å². The normalized spacial score (nSPS) is 12.8. The molecule has 5 heteroatoms. The summed E-state index contributed by atoms with van der Waals surface area (Å²) < 4.78 is 2.15. The van der Waals surface area contributed by atoms with Crippen LogP contribution in [0.1, 0.15) is 12.1 Å². The molecule has 0 fully saturated rings. The molecule has 0 spiro atoms. The van der Waals surface area contributed by atoms with Gasteiger partial charge in [0.15, 0.2) is 0 Å². The monoisotopic (exact) mass is 403 g/mol. The Balaban J connectivity index is 1.60. The van der Waals surface area contributed by atoms with Gasteiger partial charge in [-0.3, -0.25) is 9.67 Å². The zero-order valence-corrected chi connectivity index (χ0v) is 17.0. The van der Waals surface area contributed by atoms with Crippen molar-refractivity contribution >= 4 is 22.4 Å². The van der Waals surface area contributed by atoms with E-state index in [2.05, 4.69) is 39.2 Å². The van der Waals surface area contributed by atoms with Crippen LogP contribution in [-0.4, -0.2) is 19.7 Å². The third kappa shape index (κ3) is 3.15. The van der Waals surface area contributed by atoms with Gasteiger partial charge in [0.05, 0.1) is 11.2 Å². The van der Waals surface area contributed by atoms with Crippen molar-refractivity contribution in [1.82, 2.24) is 19.7 Å². The lowest BCUT2D eigenvalue weighted by atomic mass is 9.96. The Morgan fingerprint density at radius 2 is 1.71 bits per heavy atom. The van der Waals surface area contributed by atoms with Gasteiger partial charge in [0, 0.05) is 35.1 Å². The van der Waals surface area contributed by atoms with Crippen LogP contribution in [0.4, 0.5) is 11.5 Å². The van der Waals surface area contributed by atoms with Crippen LogP contribution in [0.3, 0.4) is 0 Å². The minimum absolute atomic E-state index is 0.824. The number of aryl methyl sites for hydroxylation is 1. The number of hydrogen-bond donors (Lipinski definition) is 1. The molecule has 2 aromatic carbocycles. The SMILES string of the molecule is c1ccc(Nc2cc(-c3c(-c4ccccn4)nn4c3CCC4)c3ccccc3n2)cc1. The Labute approximate surface area is 180 Å². The highest BCUT2D eigenvalue weighted by Crippen LogP contribution is 2.40. The molecule has 0 saturated carbocycles. The molecule has 0 amide bonds. The third-order valence-electron chi connectivity index (χ3n) is 5.78. The van der Waals surface area contributed by atoms with Crippen LogP contribution in [0.15, 0.2) is 85.1 Å². The van der Waals surface area contributed by atoms with E-state index in [0.717, 1.165) is 58.7 Å². The summed E-state index contributed by atoms with van der Waals surface area (Å²) >= 11 is 0. The standard InChI is InChI=1S/C26H21N5/c1-2-9-18(10-3-1)28-24-17-20(19-11-4-5-12-21(19)29-24)25-23-14-8-16-31(23)30-26(25)22-13-6-7-15-27-22/h1-7,9-13,15,17H,8,14,16H2,(H,28,29). The number of nitrogens with one attached hydrogen (secondary N) is 1. The average Bonchev–Trinajstić information content (AvgIpc) is 3.41. The fraction of sp³-hybridized carbons (Fsp3) is 0.115. The lowest BCUT2D eigenvalue weighted by Crippen LogP contribution is -1.97. The maximum atomic E-state index is 4.97. The van der Waals surface area contributed by atoms with E-state index in [0.29, 0.717) is 0 Å². The molecule has 31 heavy (non-hydrogen) atoms. The maximum absolute atomic E-state index is 4.97. The van der Waals surface area contributed by atoms with E-state index in [9.17, 15) is 0 Å². The molecule has 0 radical (unpaired) electrons. The molecule has 1 aliphatic heterocycles. The molecule has 6 rings (SSSR count). The smallest absolute Gasteiger partial charge is 0.131 e. The number of fused-ring (bicyclic) bond motifs is 2. The molecule has 3 aromatic heterocycles. The van der Waals surface area contributed by atoms with Crippen LogP contribution in [0, 0.1) is 0 Å². The lowest BCUT2D eigenvalue weighted by Gasteiger charge is -2.13. The van der Waals surface area contributed by atoms with Gasteiger partial charge >= 0.3 is 0 Å². The Morgan fingerprint density at radius 1 is 0.871 bits per heavy atom. The Hall–Kier alpha value is -3.99. The van der Waals surface area contributed by atoms with Crippen LogP contribution in [-0.2, 0) is 13.0 Å². The van der Waals surface area contributed by atoms with Crippen molar-refractivity contribution in [2.75, 3.05) is 5.32 Å². The molecule has 0 aliphatic carbocycles. The molecule has 5 aromatic rings. The van der Waals surface area contributed by atoms with Crippen LogP contribution in [0.2, 0.25) is 0 Å². The average molecular weight is 403 g/mol. The zero-order chi connectivity index (χ0) is 20.6. The summed E-state index contributed by atoms with van der Waals surface area (Å²) in [7, 11) is 0. The summed E-state index contributed by atoms with van der Waals surface area (Å²) in [6.07, 6.45) is 3.97. The molecular weight excluding hydrogens is 382 g/mol. The molecule has 5 nitrogen and oxygen atoms in total. The van der Waals surface area contributed by atoms with Crippen molar-refractivity contribution < 1.29 is 0 Å². The van der Waals surface area contributed by atoms with Gasteiger partial charge in [0.25, 0.3) is 0 Å².